The van der Waals surface area contributed by atoms with Crippen LogP contribution in [0.25, 0.3) is 11.0 Å². The van der Waals surface area contributed by atoms with Gasteiger partial charge in [0.2, 0.25) is 0 Å². The number of anilines is 1. The second-order valence-corrected chi connectivity index (χ2v) is 7.40. The molecule has 0 spiro atoms. The summed E-state index contributed by atoms with van der Waals surface area (Å²) in [6.07, 6.45) is 5.87. The molecule has 1 aromatic carbocycles. The predicted molar refractivity (Wildman–Crippen MR) is 87.8 cm³/mol. The zero-order valence-corrected chi connectivity index (χ0v) is 13.2. The van der Waals surface area contributed by atoms with Gasteiger partial charge in [-0.1, -0.05) is 6.07 Å². The SMILES string of the molecule is O=S(=O)(Nc1n[nH]c2ncccc12)c1ccc2c(c1)CCCC2. The van der Waals surface area contributed by atoms with E-state index in [0.29, 0.717) is 11.0 Å². The van der Waals surface area contributed by atoms with Crippen LogP contribution >= 0.6 is 0 Å². The Morgan fingerprint density at radius 3 is 2.78 bits per heavy atom. The van der Waals surface area contributed by atoms with Crippen LogP contribution in [0.3, 0.4) is 0 Å². The molecule has 0 radical (unpaired) electrons. The summed E-state index contributed by atoms with van der Waals surface area (Å²) in [6.45, 7) is 0. The molecule has 7 heteroatoms. The lowest BCUT2D eigenvalue weighted by Gasteiger charge is -2.16. The van der Waals surface area contributed by atoms with Crippen LogP contribution in [-0.2, 0) is 22.9 Å². The van der Waals surface area contributed by atoms with Gasteiger partial charge in [-0.3, -0.25) is 9.82 Å². The van der Waals surface area contributed by atoms with Crippen LogP contribution in [-0.4, -0.2) is 23.6 Å². The quantitative estimate of drug-likeness (QED) is 0.773. The van der Waals surface area contributed by atoms with Gasteiger partial charge < -0.3 is 0 Å². The average molecular weight is 328 g/mol. The first-order valence-corrected chi connectivity index (χ1v) is 9.05. The number of H-pyrrole nitrogens is 1. The maximum Gasteiger partial charge on any atom is 0.263 e. The summed E-state index contributed by atoms with van der Waals surface area (Å²) in [7, 11) is -3.67. The van der Waals surface area contributed by atoms with Crippen molar-refractivity contribution in [3.63, 3.8) is 0 Å². The summed E-state index contributed by atoms with van der Waals surface area (Å²) in [5.74, 6) is 0.269. The highest BCUT2D eigenvalue weighted by molar-refractivity contribution is 7.92. The van der Waals surface area contributed by atoms with E-state index in [2.05, 4.69) is 19.9 Å². The van der Waals surface area contributed by atoms with Crippen molar-refractivity contribution in [3.8, 4) is 0 Å². The Kier molecular flexibility index (Phi) is 3.30. The molecule has 2 N–H and O–H groups in total. The number of nitrogens with one attached hydrogen (secondary N) is 2. The highest BCUT2D eigenvalue weighted by Gasteiger charge is 2.20. The molecular weight excluding hydrogens is 312 g/mol. The molecule has 118 valence electrons. The van der Waals surface area contributed by atoms with Crippen LogP contribution in [0, 0.1) is 0 Å². The zero-order chi connectivity index (χ0) is 15.9. The molecule has 2 heterocycles. The van der Waals surface area contributed by atoms with Crippen LogP contribution in [0.2, 0.25) is 0 Å². The molecule has 0 atom stereocenters. The maximum absolute atomic E-state index is 12.6. The van der Waals surface area contributed by atoms with E-state index in [1.165, 1.54) is 12.0 Å². The normalized spacial score (nSPS) is 14.6. The number of aryl methyl sites for hydroxylation is 2. The Bertz CT molecular complexity index is 979. The summed E-state index contributed by atoms with van der Waals surface area (Å²) in [5.41, 5.74) is 2.94. The lowest BCUT2D eigenvalue weighted by Crippen LogP contribution is -2.15. The van der Waals surface area contributed by atoms with Gasteiger partial charge in [-0.2, -0.15) is 5.10 Å². The molecule has 0 amide bonds. The monoisotopic (exact) mass is 328 g/mol. The Balaban J connectivity index is 1.70. The highest BCUT2D eigenvalue weighted by Crippen LogP contribution is 2.26. The van der Waals surface area contributed by atoms with E-state index in [1.54, 1.807) is 30.5 Å². The van der Waals surface area contributed by atoms with Gasteiger partial charge in [-0.15, -0.1) is 0 Å². The van der Waals surface area contributed by atoms with Gasteiger partial charge in [0.25, 0.3) is 10.0 Å². The Labute approximate surface area is 134 Å². The molecule has 2 aromatic heterocycles. The summed E-state index contributed by atoms with van der Waals surface area (Å²) < 4.78 is 27.8. The minimum Gasteiger partial charge on any atom is -0.261 e. The number of hydrogen-bond acceptors (Lipinski definition) is 4. The largest absolute Gasteiger partial charge is 0.263 e. The first kappa shape index (κ1) is 14.2. The lowest BCUT2D eigenvalue weighted by molar-refractivity contribution is 0.600. The van der Waals surface area contributed by atoms with Gasteiger partial charge in [0, 0.05) is 6.20 Å². The van der Waals surface area contributed by atoms with Crippen molar-refractivity contribution in [2.24, 2.45) is 0 Å². The smallest absolute Gasteiger partial charge is 0.261 e. The van der Waals surface area contributed by atoms with E-state index in [9.17, 15) is 8.42 Å². The number of fused-ring (bicyclic) bond motifs is 2. The number of hydrogen-bond donors (Lipinski definition) is 2. The number of pyridine rings is 1. The van der Waals surface area contributed by atoms with E-state index >= 15 is 0 Å². The van der Waals surface area contributed by atoms with Gasteiger partial charge in [-0.05, 0) is 61.1 Å². The fourth-order valence-corrected chi connectivity index (χ4v) is 4.07. The maximum atomic E-state index is 12.6. The first-order valence-electron chi connectivity index (χ1n) is 7.57. The molecule has 6 nitrogen and oxygen atoms in total. The average Bonchev–Trinajstić information content (AvgIpc) is 2.97. The molecule has 1 aliphatic carbocycles. The van der Waals surface area contributed by atoms with E-state index in [-0.39, 0.29) is 10.7 Å². The highest BCUT2D eigenvalue weighted by atomic mass is 32.2. The molecule has 23 heavy (non-hydrogen) atoms. The standard InChI is InChI=1S/C16H16N4O2S/c21-23(22,13-8-7-11-4-1-2-5-12(11)10-13)20-16-14-6-3-9-17-15(14)18-19-16/h3,6-10H,1-2,4-5H2,(H2,17,18,19,20). The van der Waals surface area contributed by atoms with Crippen molar-refractivity contribution in [3.05, 3.63) is 47.7 Å². The molecule has 4 rings (SSSR count). The second kappa shape index (κ2) is 5.34. The summed E-state index contributed by atoms with van der Waals surface area (Å²) >= 11 is 0. The number of rotatable bonds is 3. The molecule has 1 aliphatic rings. The minimum atomic E-state index is -3.67. The Morgan fingerprint density at radius 2 is 1.91 bits per heavy atom. The summed E-state index contributed by atoms with van der Waals surface area (Å²) in [4.78, 5) is 4.39. The van der Waals surface area contributed by atoms with Crippen LogP contribution in [0.5, 0.6) is 0 Å². The zero-order valence-electron chi connectivity index (χ0n) is 12.4. The third-order valence-electron chi connectivity index (χ3n) is 4.20. The van der Waals surface area contributed by atoms with Crippen molar-refractivity contribution < 1.29 is 8.42 Å². The van der Waals surface area contributed by atoms with E-state index in [4.69, 9.17) is 0 Å². The van der Waals surface area contributed by atoms with Gasteiger partial charge in [0.05, 0.1) is 10.3 Å². The molecule has 0 bridgehead atoms. The third kappa shape index (κ3) is 2.57. The minimum absolute atomic E-state index is 0.269. The lowest BCUT2D eigenvalue weighted by atomic mass is 9.92. The first-order chi connectivity index (χ1) is 11.1. The molecular formula is C16H16N4O2S. The van der Waals surface area contributed by atoms with Gasteiger partial charge in [-0.25, -0.2) is 13.4 Å². The van der Waals surface area contributed by atoms with Crippen LogP contribution in [0.15, 0.2) is 41.4 Å². The summed E-state index contributed by atoms with van der Waals surface area (Å²) in [6, 6.07) is 8.89. The van der Waals surface area contributed by atoms with Crippen molar-refractivity contribution in [2.75, 3.05) is 4.72 Å². The Morgan fingerprint density at radius 1 is 1.09 bits per heavy atom. The van der Waals surface area contributed by atoms with Crippen LogP contribution in [0.4, 0.5) is 5.82 Å². The number of nitrogens with zero attached hydrogens (tertiary/aromatic N) is 2. The van der Waals surface area contributed by atoms with Gasteiger partial charge in [0.1, 0.15) is 0 Å². The van der Waals surface area contributed by atoms with Crippen LogP contribution in [0.1, 0.15) is 24.0 Å². The van der Waals surface area contributed by atoms with Crippen molar-refractivity contribution in [2.45, 2.75) is 30.6 Å². The molecule has 0 fully saturated rings. The predicted octanol–water partition coefficient (Wildman–Crippen LogP) is 2.64. The number of aromatic nitrogens is 3. The second-order valence-electron chi connectivity index (χ2n) is 5.71. The molecule has 0 saturated carbocycles. The van der Waals surface area contributed by atoms with Gasteiger partial charge in [0.15, 0.2) is 11.5 Å². The fourth-order valence-electron chi connectivity index (χ4n) is 3.00. The van der Waals surface area contributed by atoms with Crippen LogP contribution < -0.4 is 4.72 Å². The molecule has 0 unspecified atom stereocenters. The molecule has 0 aliphatic heterocycles. The van der Waals surface area contributed by atoms with E-state index in [1.807, 2.05) is 6.07 Å². The van der Waals surface area contributed by atoms with Crippen molar-refractivity contribution in [1.82, 2.24) is 15.2 Å². The Hall–Kier alpha value is -2.41. The van der Waals surface area contributed by atoms with E-state index in [0.717, 1.165) is 24.8 Å². The number of benzene rings is 1. The number of sulfonamides is 1. The van der Waals surface area contributed by atoms with Crippen molar-refractivity contribution in [1.29, 1.82) is 0 Å². The van der Waals surface area contributed by atoms with Gasteiger partial charge >= 0.3 is 0 Å². The topological polar surface area (TPSA) is 87.7 Å². The number of aromatic amines is 1. The van der Waals surface area contributed by atoms with Crippen molar-refractivity contribution >= 4 is 26.9 Å². The third-order valence-corrected chi connectivity index (χ3v) is 5.53. The van der Waals surface area contributed by atoms with E-state index < -0.39 is 10.0 Å². The molecule has 0 saturated heterocycles. The fraction of sp³-hybridized carbons (Fsp3) is 0.250. The molecule has 3 aromatic rings. The summed E-state index contributed by atoms with van der Waals surface area (Å²) in [5, 5.41) is 7.39.